The van der Waals surface area contributed by atoms with Crippen molar-refractivity contribution in [1.29, 1.82) is 0 Å². The molecule has 1 heterocycles. The van der Waals surface area contributed by atoms with Gasteiger partial charge in [-0.15, -0.1) is 0 Å². The van der Waals surface area contributed by atoms with E-state index in [1.54, 1.807) is 6.20 Å². The van der Waals surface area contributed by atoms with Gasteiger partial charge in [-0.1, -0.05) is 18.2 Å². The van der Waals surface area contributed by atoms with Crippen molar-refractivity contribution in [1.82, 2.24) is 4.98 Å². The Bertz CT molecular complexity index is 530. The van der Waals surface area contributed by atoms with Crippen molar-refractivity contribution in [3.63, 3.8) is 0 Å². The third-order valence-electron chi connectivity index (χ3n) is 2.96. The molecule has 0 aliphatic heterocycles. The summed E-state index contributed by atoms with van der Waals surface area (Å²) in [5, 5.41) is 0. The van der Waals surface area contributed by atoms with Crippen molar-refractivity contribution in [2.24, 2.45) is 0 Å². The molecule has 2 nitrogen and oxygen atoms in total. The fraction of sp³-hybridized carbons (Fsp3) is 0.214. The number of pyridine rings is 1. The average molecular weight is 212 g/mol. The molecular weight excluding hydrogens is 196 g/mol. The SMILES string of the molecule is Cc1cc(N)cnc1-c1cccc(C)c1C. The maximum Gasteiger partial charge on any atom is 0.0735 e. The van der Waals surface area contributed by atoms with Crippen LogP contribution in [0.5, 0.6) is 0 Å². The minimum absolute atomic E-state index is 0.714. The molecule has 1 aromatic carbocycles. The summed E-state index contributed by atoms with van der Waals surface area (Å²) in [7, 11) is 0. The summed E-state index contributed by atoms with van der Waals surface area (Å²) in [6, 6.07) is 8.25. The summed E-state index contributed by atoms with van der Waals surface area (Å²) in [5.41, 5.74) is 12.3. The smallest absolute Gasteiger partial charge is 0.0735 e. The second-order valence-corrected chi connectivity index (χ2v) is 4.18. The summed E-state index contributed by atoms with van der Waals surface area (Å²) >= 11 is 0. The lowest BCUT2D eigenvalue weighted by Gasteiger charge is -2.10. The number of nitrogens with two attached hydrogens (primary N) is 1. The van der Waals surface area contributed by atoms with Crippen molar-refractivity contribution < 1.29 is 0 Å². The zero-order chi connectivity index (χ0) is 11.7. The van der Waals surface area contributed by atoms with Crippen LogP contribution in [-0.2, 0) is 0 Å². The molecule has 1 aromatic heterocycles. The number of aryl methyl sites for hydroxylation is 2. The topological polar surface area (TPSA) is 38.9 Å². The van der Waals surface area contributed by atoms with Crippen LogP contribution in [0.3, 0.4) is 0 Å². The minimum Gasteiger partial charge on any atom is -0.397 e. The van der Waals surface area contributed by atoms with Crippen LogP contribution < -0.4 is 5.73 Å². The molecule has 0 amide bonds. The second kappa shape index (κ2) is 3.97. The Hall–Kier alpha value is -1.83. The molecule has 2 N–H and O–H groups in total. The van der Waals surface area contributed by atoms with E-state index in [-0.39, 0.29) is 0 Å². The Morgan fingerprint density at radius 3 is 2.50 bits per heavy atom. The van der Waals surface area contributed by atoms with E-state index in [0.29, 0.717) is 5.69 Å². The van der Waals surface area contributed by atoms with E-state index in [9.17, 15) is 0 Å². The molecule has 0 bridgehead atoms. The number of benzene rings is 1. The summed E-state index contributed by atoms with van der Waals surface area (Å²) in [6.45, 7) is 6.29. The monoisotopic (exact) mass is 212 g/mol. The van der Waals surface area contributed by atoms with E-state index in [0.717, 1.165) is 11.3 Å². The molecular formula is C14H16N2. The molecule has 2 rings (SSSR count). The van der Waals surface area contributed by atoms with E-state index >= 15 is 0 Å². The summed E-state index contributed by atoms with van der Waals surface area (Å²) in [4.78, 5) is 4.42. The van der Waals surface area contributed by atoms with Crippen LogP contribution in [0.25, 0.3) is 11.3 Å². The molecule has 2 heteroatoms. The Balaban J connectivity index is 2.63. The zero-order valence-corrected chi connectivity index (χ0v) is 9.91. The van der Waals surface area contributed by atoms with Crippen LogP contribution in [0.1, 0.15) is 16.7 Å². The molecule has 0 aliphatic rings. The van der Waals surface area contributed by atoms with Gasteiger partial charge in [-0.2, -0.15) is 0 Å². The van der Waals surface area contributed by atoms with Crippen LogP contribution in [0.15, 0.2) is 30.5 Å². The first-order valence-corrected chi connectivity index (χ1v) is 5.38. The number of hydrogen-bond acceptors (Lipinski definition) is 2. The van der Waals surface area contributed by atoms with Gasteiger partial charge in [0.25, 0.3) is 0 Å². The van der Waals surface area contributed by atoms with E-state index < -0.39 is 0 Å². The highest BCUT2D eigenvalue weighted by molar-refractivity contribution is 5.69. The Morgan fingerprint density at radius 1 is 1.06 bits per heavy atom. The molecule has 16 heavy (non-hydrogen) atoms. The molecule has 2 aromatic rings. The van der Waals surface area contributed by atoms with Gasteiger partial charge in [0.2, 0.25) is 0 Å². The van der Waals surface area contributed by atoms with Crippen LogP contribution in [-0.4, -0.2) is 4.98 Å². The predicted molar refractivity (Wildman–Crippen MR) is 68.3 cm³/mol. The molecule has 0 atom stereocenters. The van der Waals surface area contributed by atoms with Crippen molar-refractivity contribution in [3.8, 4) is 11.3 Å². The minimum atomic E-state index is 0.714. The first-order valence-electron chi connectivity index (χ1n) is 5.38. The van der Waals surface area contributed by atoms with E-state index in [4.69, 9.17) is 5.73 Å². The number of hydrogen-bond donors (Lipinski definition) is 1. The predicted octanol–water partition coefficient (Wildman–Crippen LogP) is 3.26. The van der Waals surface area contributed by atoms with Gasteiger partial charge in [-0.3, -0.25) is 4.98 Å². The lowest BCUT2D eigenvalue weighted by molar-refractivity contribution is 1.24. The summed E-state index contributed by atoms with van der Waals surface area (Å²) in [6.07, 6.45) is 1.71. The van der Waals surface area contributed by atoms with Crippen molar-refractivity contribution in [2.45, 2.75) is 20.8 Å². The van der Waals surface area contributed by atoms with Gasteiger partial charge in [0, 0.05) is 5.56 Å². The highest BCUT2D eigenvalue weighted by Crippen LogP contribution is 2.27. The summed E-state index contributed by atoms with van der Waals surface area (Å²) in [5.74, 6) is 0. The molecule has 0 fully saturated rings. The maximum absolute atomic E-state index is 5.71. The second-order valence-electron chi connectivity index (χ2n) is 4.18. The fourth-order valence-electron chi connectivity index (χ4n) is 1.89. The molecule has 0 unspecified atom stereocenters. The average Bonchev–Trinajstić information content (AvgIpc) is 2.23. The van der Waals surface area contributed by atoms with Gasteiger partial charge in [0.1, 0.15) is 0 Å². The van der Waals surface area contributed by atoms with Crippen LogP contribution >= 0.6 is 0 Å². The quantitative estimate of drug-likeness (QED) is 0.788. The third-order valence-corrected chi connectivity index (χ3v) is 2.96. The largest absolute Gasteiger partial charge is 0.397 e. The maximum atomic E-state index is 5.71. The Kier molecular flexibility index (Phi) is 2.65. The van der Waals surface area contributed by atoms with Gasteiger partial charge in [-0.05, 0) is 43.5 Å². The highest BCUT2D eigenvalue weighted by Gasteiger charge is 2.07. The highest BCUT2D eigenvalue weighted by atomic mass is 14.7. The van der Waals surface area contributed by atoms with Gasteiger partial charge in [0.05, 0.1) is 17.6 Å². The standard InChI is InChI=1S/C14H16N2/c1-9-5-4-6-13(11(9)3)14-10(2)7-12(15)8-16-14/h4-8H,15H2,1-3H3. The normalized spacial score (nSPS) is 10.4. The molecule has 0 aliphatic carbocycles. The van der Waals surface area contributed by atoms with Crippen LogP contribution in [0.4, 0.5) is 5.69 Å². The van der Waals surface area contributed by atoms with Gasteiger partial charge >= 0.3 is 0 Å². The number of nitrogen functional groups attached to an aromatic ring is 1. The lowest BCUT2D eigenvalue weighted by Crippen LogP contribution is -1.95. The number of rotatable bonds is 1. The number of aromatic nitrogens is 1. The number of anilines is 1. The van der Waals surface area contributed by atoms with Gasteiger partial charge in [-0.25, -0.2) is 0 Å². The van der Waals surface area contributed by atoms with Crippen LogP contribution in [0, 0.1) is 20.8 Å². The van der Waals surface area contributed by atoms with Gasteiger partial charge < -0.3 is 5.73 Å². The van der Waals surface area contributed by atoms with E-state index in [1.807, 2.05) is 13.0 Å². The zero-order valence-electron chi connectivity index (χ0n) is 9.91. The first kappa shape index (κ1) is 10.7. The Morgan fingerprint density at radius 2 is 1.81 bits per heavy atom. The van der Waals surface area contributed by atoms with Crippen molar-refractivity contribution >= 4 is 5.69 Å². The Labute approximate surface area is 96.1 Å². The van der Waals surface area contributed by atoms with Crippen molar-refractivity contribution in [2.75, 3.05) is 5.73 Å². The lowest BCUT2D eigenvalue weighted by atomic mass is 9.98. The molecule has 0 saturated carbocycles. The molecule has 0 radical (unpaired) electrons. The first-order chi connectivity index (χ1) is 7.59. The fourth-order valence-corrected chi connectivity index (χ4v) is 1.89. The summed E-state index contributed by atoms with van der Waals surface area (Å²) < 4.78 is 0. The molecule has 0 saturated heterocycles. The number of nitrogens with zero attached hydrogens (tertiary/aromatic N) is 1. The van der Waals surface area contributed by atoms with Crippen LogP contribution in [0.2, 0.25) is 0 Å². The molecule has 82 valence electrons. The van der Waals surface area contributed by atoms with Crippen molar-refractivity contribution in [3.05, 3.63) is 47.2 Å². The van der Waals surface area contributed by atoms with E-state index in [2.05, 4.69) is 37.0 Å². The van der Waals surface area contributed by atoms with Gasteiger partial charge in [0.15, 0.2) is 0 Å². The van der Waals surface area contributed by atoms with E-state index in [1.165, 1.54) is 16.7 Å². The molecule has 0 spiro atoms. The third kappa shape index (κ3) is 1.78.